The van der Waals surface area contributed by atoms with Crippen molar-refractivity contribution in [1.29, 1.82) is 0 Å². The molecule has 0 atom stereocenters. The van der Waals surface area contributed by atoms with E-state index in [0.29, 0.717) is 0 Å². The molecule has 0 N–H and O–H groups in total. The largest absolute Gasteiger partial charge is 0.309 e. The Balaban J connectivity index is 1.18. The SMILES string of the molecule is CC1(C)CCC(C)(C)c2cc3c(cc21)c1cc2c4c5ccccc5ccc4n(-c4ccc(-n5c6ccccc6c6ccccc65)cc4)c2cc1n3-c1ccccc1. The van der Waals surface area contributed by atoms with Gasteiger partial charge in [0, 0.05) is 49.4 Å². The van der Waals surface area contributed by atoms with Crippen LogP contribution in [-0.4, -0.2) is 13.7 Å². The molecule has 1 aliphatic carbocycles. The molecule has 11 aromatic rings. The number of hydrogen-bond acceptors (Lipinski definition) is 0. The Labute approximate surface area is 332 Å². The fourth-order valence-electron chi connectivity index (χ4n) is 10.4. The number of aromatic nitrogens is 3. The lowest BCUT2D eigenvalue weighted by Crippen LogP contribution is -2.33. The zero-order valence-electron chi connectivity index (χ0n) is 32.8. The Morgan fingerprint density at radius 1 is 0.333 bits per heavy atom. The first-order valence-electron chi connectivity index (χ1n) is 20.4. The van der Waals surface area contributed by atoms with Gasteiger partial charge in [0.05, 0.1) is 33.1 Å². The molecule has 3 heteroatoms. The molecular formula is C54H43N3. The first kappa shape index (κ1) is 32.6. The molecular weight excluding hydrogens is 691 g/mol. The van der Waals surface area contributed by atoms with Crippen LogP contribution in [0.5, 0.6) is 0 Å². The van der Waals surface area contributed by atoms with Gasteiger partial charge in [-0.05, 0) is 124 Å². The Hall–Kier alpha value is -6.58. The van der Waals surface area contributed by atoms with Gasteiger partial charge in [-0.1, -0.05) is 113 Å². The third-order valence-corrected chi connectivity index (χ3v) is 13.5. The van der Waals surface area contributed by atoms with Crippen molar-refractivity contribution in [2.24, 2.45) is 0 Å². The van der Waals surface area contributed by atoms with E-state index in [1.165, 1.54) is 106 Å². The quantitative estimate of drug-likeness (QED) is 0.172. The van der Waals surface area contributed by atoms with Crippen molar-refractivity contribution in [3.63, 3.8) is 0 Å². The third kappa shape index (κ3) is 4.54. The second kappa shape index (κ2) is 11.5. The molecule has 0 radical (unpaired) electrons. The van der Waals surface area contributed by atoms with E-state index in [4.69, 9.17) is 0 Å². The molecule has 12 rings (SSSR count). The van der Waals surface area contributed by atoms with Crippen molar-refractivity contribution < 1.29 is 0 Å². The van der Waals surface area contributed by atoms with Crippen LogP contribution in [0.1, 0.15) is 51.7 Å². The van der Waals surface area contributed by atoms with Gasteiger partial charge >= 0.3 is 0 Å². The molecule has 0 saturated carbocycles. The van der Waals surface area contributed by atoms with Crippen LogP contribution >= 0.6 is 0 Å². The number of benzene rings is 8. The minimum absolute atomic E-state index is 0.110. The summed E-state index contributed by atoms with van der Waals surface area (Å²) < 4.78 is 7.42. The number of para-hydroxylation sites is 3. The van der Waals surface area contributed by atoms with Gasteiger partial charge in [-0.2, -0.15) is 0 Å². The molecule has 0 amide bonds. The summed E-state index contributed by atoms with van der Waals surface area (Å²) in [6.45, 7) is 9.74. The Morgan fingerprint density at radius 3 is 1.47 bits per heavy atom. The van der Waals surface area contributed by atoms with Crippen molar-refractivity contribution in [1.82, 2.24) is 13.7 Å². The van der Waals surface area contributed by atoms with Crippen LogP contribution in [0, 0.1) is 0 Å². The van der Waals surface area contributed by atoms with Gasteiger partial charge in [-0.15, -0.1) is 0 Å². The number of hydrogen-bond donors (Lipinski definition) is 0. The molecule has 8 aromatic carbocycles. The van der Waals surface area contributed by atoms with Crippen molar-refractivity contribution in [2.45, 2.75) is 51.4 Å². The normalized spacial score (nSPS) is 15.2. The van der Waals surface area contributed by atoms with Gasteiger partial charge in [0.2, 0.25) is 0 Å². The fourth-order valence-corrected chi connectivity index (χ4v) is 10.4. The highest BCUT2D eigenvalue weighted by atomic mass is 15.0. The Morgan fingerprint density at radius 2 is 0.807 bits per heavy atom. The monoisotopic (exact) mass is 733 g/mol. The zero-order chi connectivity index (χ0) is 38.2. The lowest BCUT2D eigenvalue weighted by Gasteiger charge is -2.42. The predicted octanol–water partition coefficient (Wildman–Crippen LogP) is 14.5. The topological polar surface area (TPSA) is 14.8 Å². The van der Waals surface area contributed by atoms with Gasteiger partial charge in [-0.3, -0.25) is 0 Å². The summed E-state index contributed by atoms with van der Waals surface area (Å²) in [5.74, 6) is 0. The highest BCUT2D eigenvalue weighted by molar-refractivity contribution is 6.25. The summed E-state index contributed by atoms with van der Waals surface area (Å²) in [5.41, 5.74) is 14.1. The predicted molar refractivity (Wildman–Crippen MR) is 242 cm³/mol. The van der Waals surface area contributed by atoms with E-state index in [9.17, 15) is 0 Å². The van der Waals surface area contributed by atoms with Crippen LogP contribution in [0.15, 0.2) is 164 Å². The average Bonchev–Trinajstić information content (AvgIpc) is 3.87. The van der Waals surface area contributed by atoms with E-state index in [2.05, 4.69) is 205 Å². The third-order valence-electron chi connectivity index (χ3n) is 13.5. The van der Waals surface area contributed by atoms with E-state index >= 15 is 0 Å². The molecule has 3 heterocycles. The summed E-state index contributed by atoms with van der Waals surface area (Å²) in [7, 11) is 0. The van der Waals surface area contributed by atoms with Crippen molar-refractivity contribution in [2.75, 3.05) is 0 Å². The molecule has 0 fully saturated rings. The number of rotatable bonds is 3. The van der Waals surface area contributed by atoms with Crippen LogP contribution in [0.4, 0.5) is 0 Å². The lowest BCUT2D eigenvalue weighted by atomic mass is 9.63. The summed E-state index contributed by atoms with van der Waals surface area (Å²) >= 11 is 0. The smallest absolute Gasteiger partial charge is 0.0562 e. The highest BCUT2D eigenvalue weighted by Crippen LogP contribution is 2.49. The van der Waals surface area contributed by atoms with E-state index in [1.807, 2.05) is 0 Å². The summed E-state index contributed by atoms with van der Waals surface area (Å²) in [4.78, 5) is 0. The Bertz CT molecular complexity index is 3390. The second-order valence-corrected chi connectivity index (χ2v) is 17.6. The van der Waals surface area contributed by atoms with Gasteiger partial charge in [-0.25, -0.2) is 0 Å². The lowest BCUT2D eigenvalue weighted by molar-refractivity contribution is 0.332. The molecule has 57 heavy (non-hydrogen) atoms. The molecule has 0 aliphatic heterocycles. The second-order valence-electron chi connectivity index (χ2n) is 17.6. The van der Waals surface area contributed by atoms with E-state index < -0.39 is 0 Å². The first-order valence-corrected chi connectivity index (χ1v) is 20.4. The molecule has 0 saturated heterocycles. The number of fused-ring (bicyclic) bond motifs is 12. The van der Waals surface area contributed by atoms with Crippen LogP contribution in [-0.2, 0) is 10.8 Å². The van der Waals surface area contributed by atoms with E-state index in [0.717, 1.165) is 11.4 Å². The van der Waals surface area contributed by atoms with Gasteiger partial charge < -0.3 is 13.7 Å². The molecule has 3 aromatic heterocycles. The van der Waals surface area contributed by atoms with Crippen LogP contribution in [0.2, 0.25) is 0 Å². The average molecular weight is 734 g/mol. The Kier molecular flexibility index (Phi) is 6.58. The molecule has 0 spiro atoms. The summed E-state index contributed by atoms with van der Waals surface area (Å²) in [6.07, 6.45) is 2.38. The van der Waals surface area contributed by atoms with Gasteiger partial charge in [0.15, 0.2) is 0 Å². The fraction of sp³-hybridized carbons (Fsp3) is 0.148. The van der Waals surface area contributed by atoms with Crippen LogP contribution in [0.3, 0.4) is 0 Å². The summed E-state index contributed by atoms with van der Waals surface area (Å²) in [6, 6.07) is 61.2. The van der Waals surface area contributed by atoms with Gasteiger partial charge in [0.1, 0.15) is 0 Å². The minimum Gasteiger partial charge on any atom is -0.309 e. The van der Waals surface area contributed by atoms with Crippen molar-refractivity contribution >= 4 is 76.2 Å². The highest BCUT2D eigenvalue weighted by Gasteiger charge is 2.38. The first-order chi connectivity index (χ1) is 27.8. The standard InChI is InChI=1S/C54H43N3/c1-53(2)28-29-54(3,4)45-32-49-42(31-44(45)53)41-30-43-51(33-50(41)57(49)35-15-6-5-7-16-35)56(48-27-22-34-14-8-9-17-38(34)52(43)48)37-25-23-36(24-26-37)55-46-20-12-10-18-39(46)40-19-11-13-21-47(40)55/h5-27,30-33H,28-29H2,1-4H3. The van der Waals surface area contributed by atoms with Crippen LogP contribution in [0.25, 0.3) is 93.3 Å². The summed E-state index contributed by atoms with van der Waals surface area (Å²) in [5, 5.41) is 10.3. The molecule has 0 unspecified atom stereocenters. The molecule has 3 nitrogen and oxygen atoms in total. The van der Waals surface area contributed by atoms with Crippen molar-refractivity contribution in [3.8, 4) is 17.1 Å². The van der Waals surface area contributed by atoms with Crippen LogP contribution < -0.4 is 0 Å². The van der Waals surface area contributed by atoms with Crippen molar-refractivity contribution in [3.05, 3.63) is 175 Å². The van der Waals surface area contributed by atoms with Gasteiger partial charge in [0.25, 0.3) is 0 Å². The molecule has 274 valence electrons. The maximum Gasteiger partial charge on any atom is 0.0562 e. The molecule has 1 aliphatic rings. The van der Waals surface area contributed by atoms with E-state index in [1.54, 1.807) is 0 Å². The maximum absolute atomic E-state index is 2.56. The minimum atomic E-state index is 0.110. The maximum atomic E-state index is 2.56. The molecule has 0 bridgehead atoms. The van der Waals surface area contributed by atoms with E-state index in [-0.39, 0.29) is 10.8 Å². The number of nitrogens with zero attached hydrogens (tertiary/aromatic N) is 3. The zero-order valence-corrected chi connectivity index (χ0v) is 32.8.